The van der Waals surface area contributed by atoms with Crippen molar-refractivity contribution in [1.82, 2.24) is 5.32 Å². The first kappa shape index (κ1) is 16.3. The molecule has 0 aromatic heterocycles. The summed E-state index contributed by atoms with van der Waals surface area (Å²) in [6, 6.07) is 14.0. The van der Waals surface area contributed by atoms with Gasteiger partial charge in [0.2, 0.25) is 0 Å². The largest absolute Gasteiger partial charge is 0.497 e. The maximum absolute atomic E-state index is 12.0. The summed E-state index contributed by atoms with van der Waals surface area (Å²) in [6.45, 7) is 0.365. The fraction of sp³-hybridized carbons (Fsp3) is 0.235. The predicted octanol–water partition coefficient (Wildman–Crippen LogP) is 3.20. The molecule has 0 bridgehead atoms. The first-order valence-electron chi connectivity index (χ1n) is 6.96. The van der Waals surface area contributed by atoms with Crippen molar-refractivity contribution in [3.05, 3.63) is 64.7 Å². The Morgan fingerprint density at radius 2 is 2.05 bits per heavy atom. The Morgan fingerprint density at radius 1 is 1.27 bits per heavy atom. The van der Waals surface area contributed by atoms with Gasteiger partial charge < -0.3 is 15.2 Å². The molecule has 2 aromatic rings. The zero-order chi connectivity index (χ0) is 15.9. The van der Waals surface area contributed by atoms with Gasteiger partial charge in [0.15, 0.2) is 0 Å². The lowest BCUT2D eigenvalue weighted by Gasteiger charge is -2.12. The normalized spacial score (nSPS) is 11.8. The molecular formula is C17H18ClNO3. The monoisotopic (exact) mass is 319 g/mol. The Kier molecular flexibility index (Phi) is 5.81. The molecule has 2 aromatic carbocycles. The van der Waals surface area contributed by atoms with Gasteiger partial charge >= 0.3 is 0 Å². The number of hydrogen-bond acceptors (Lipinski definition) is 3. The summed E-state index contributed by atoms with van der Waals surface area (Å²) >= 11 is 5.89. The third-order valence-electron chi connectivity index (χ3n) is 3.27. The van der Waals surface area contributed by atoms with E-state index in [0.717, 1.165) is 5.56 Å². The average Bonchev–Trinajstić information content (AvgIpc) is 2.54. The van der Waals surface area contributed by atoms with Crippen LogP contribution in [0, 0.1) is 0 Å². The Morgan fingerprint density at radius 3 is 2.77 bits per heavy atom. The van der Waals surface area contributed by atoms with E-state index >= 15 is 0 Å². The van der Waals surface area contributed by atoms with Crippen molar-refractivity contribution in [3.8, 4) is 5.75 Å². The van der Waals surface area contributed by atoms with Crippen LogP contribution in [0.15, 0.2) is 48.5 Å². The standard InChI is InChI=1S/C17H18ClNO3/c1-22-15-7-3-5-13(11-15)17(21)19-9-8-16(20)12-4-2-6-14(18)10-12/h2-7,10-11,16,20H,8-9H2,1H3,(H,19,21)/t16-/m0/s1. The van der Waals surface area contributed by atoms with Gasteiger partial charge in [-0.3, -0.25) is 4.79 Å². The van der Waals surface area contributed by atoms with Crippen molar-refractivity contribution in [2.45, 2.75) is 12.5 Å². The number of rotatable bonds is 6. The minimum Gasteiger partial charge on any atom is -0.497 e. The van der Waals surface area contributed by atoms with Crippen molar-refractivity contribution < 1.29 is 14.6 Å². The molecule has 0 saturated heterocycles. The number of carbonyl (C=O) groups is 1. The smallest absolute Gasteiger partial charge is 0.251 e. The van der Waals surface area contributed by atoms with Gasteiger partial charge in [-0.05, 0) is 42.3 Å². The van der Waals surface area contributed by atoms with Crippen LogP contribution in [-0.2, 0) is 0 Å². The molecule has 4 nitrogen and oxygen atoms in total. The zero-order valence-corrected chi connectivity index (χ0v) is 13.0. The highest BCUT2D eigenvalue weighted by Crippen LogP contribution is 2.20. The third kappa shape index (κ3) is 4.48. The molecule has 22 heavy (non-hydrogen) atoms. The fourth-order valence-corrected chi connectivity index (χ4v) is 2.27. The van der Waals surface area contributed by atoms with E-state index in [-0.39, 0.29) is 5.91 Å². The highest BCUT2D eigenvalue weighted by atomic mass is 35.5. The fourth-order valence-electron chi connectivity index (χ4n) is 2.07. The highest BCUT2D eigenvalue weighted by molar-refractivity contribution is 6.30. The number of carbonyl (C=O) groups excluding carboxylic acids is 1. The molecule has 0 aliphatic carbocycles. The molecule has 0 saturated carbocycles. The number of benzene rings is 2. The molecule has 5 heteroatoms. The van der Waals surface area contributed by atoms with E-state index in [1.807, 2.05) is 0 Å². The van der Waals surface area contributed by atoms with E-state index in [1.54, 1.807) is 55.6 Å². The number of amides is 1. The van der Waals surface area contributed by atoms with Crippen LogP contribution in [-0.4, -0.2) is 24.7 Å². The van der Waals surface area contributed by atoms with Crippen LogP contribution in [0.2, 0.25) is 5.02 Å². The summed E-state index contributed by atoms with van der Waals surface area (Å²) in [5.41, 5.74) is 1.26. The molecule has 0 radical (unpaired) electrons. The molecule has 1 amide bonds. The summed E-state index contributed by atoms with van der Waals surface area (Å²) in [6.07, 6.45) is -0.250. The summed E-state index contributed by atoms with van der Waals surface area (Å²) in [7, 11) is 1.55. The van der Waals surface area contributed by atoms with Crippen LogP contribution in [0.25, 0.3) is 0 Å². The summed E-state index contributed by atoms with van der Waals surface area (Å²) in [5, 5.41) is 13.4. The van der Waals surface area contributed by atoms with Gasteiger partial charge in [-0.15, -0.1) is 0 Å². The first-order valence-corrected chi connectivity index (χ1v) is 7.33. The second kappa shape index (κ2) is 7.82. The van der Waals surface area contributed by atoms with Crippen LogP contribution in [0.3, 0.4) is 0 Å². The lowest BCUT2D eigenvalue weighted by atomic mass is 10.1. The van der Waals surface area contributed by atoms with E-state index in [4.69, 9.17) is 16.3 Å². The van der Waals surface area contributed by atoms with Gasteiger partial charge in [-0.25, -0.2) is 0 Å². The molecule has 0 fully saturated rings. The highest BCUT2D eigenvalue weighted by Gasteiger charge is 2.10. The van der Waals surface area contributed by atoms with Crippen molar-refractivity contribution in [2.24, 2.45) is 0 Å². The van der Waals surface area contributed by atoms with E-state index in [0.29, 0.717) is 29.3 Å². The van der Waals surface area contributed by atoms with Crippen LogP contribution in [0.1, 0.15) is 28.4 Å². The summed E-state index contributed by atoms with van der Waals surface area (Å²) in [4.78, 5) is 12.0. The van der Waals surface area contributed by atoms with Gasteiger partial charge in [0.1, 0.15) is 5.75 Å². The molecule has 0 spiro atoms. The van der Waals surface area contributed by atoms with Gasteiger partial charge in [0.05, 0.1) is 13.2 Å². The van der Waals surface area contributed by atoms with Crippen LogP contribution >= 0.6 is 11.6 Å². The Hall–Kier alpha value is -2.04. The number of aliphatic hydroxyl groups excluding tert-OH is 1. The van der Waals surface area contributed by atoms with E-state index in [2.05, 4.69) is 5.32 Å². The quantitative estimate of drug-likeness (QED) is 0.859. The SMILES string of the molecule is COc1cccc(C(=O)NCC[C@H](O)c2cccc(Cl)c2)c1. The van der Waals surface area contributed by atoms with Gasteiger partial charge in [0.25, 0.3) is 5.91 Å². The van der Waals surface area contributed by atoms with E-state index in [9.17, 15) is 9.90 Å². The molecule has 2 N–H and O–H groups in total. The number of aliphatic hydroxyl groups is 1. The van der Waals surface area contributed by atoms with Crippen LogP contribution < -0.4 is 10.1 Å². The minimum atomic E-state index is -0.663. The average molecular weight is 320 g/mol. The molecule has 2 rings (SSSR count). The molecular weight excluding hydrogens is 302 g/mol. The Bertz CT molecular complexity index is 645. The minimum absolute atomic E-state index is 0.197. The third-order valence-corrected chi connectivity index (χ3v) is 3.50. The molecule has 0 heterocycles. The second-order valence-electron chi connectivity index (χ2n) is 4.85. The van der Waals surface area contributed by atoms with Gasteiger partial charge in [-0.2, -0.15) is 0 Å². The first-order chi connectivity index (χ1) is 10.6. The number of nitrogens with one attached hydrogen (secondary N) is 1. The van der Waals surface area contributed by atoms with E-state index in [1.165, 1.54) is 0 Å². The maximum Gasteiger partial charge on any atom is 0.251 e. The second-order valence-corrected chi connectivity index (χ2v) is 5.28. The summed E-state index contributed by atoms with van der Waals surface area (Å²) in [5.74, 6) is 0.434. The Balaban J connectivity index is 1.86. The summed E-state index contributed by atoms with van der Waals surface area (Å²) < 4.78 is 5.08. The topological polar surface area (TPSA) is 58.6 Å². The van der Waals surface area contributed by atoms with Crippen molar-refractivity contribution in [3.63, 3.8) is 0 Å². The number of hydrogen-bond donors (Lipinski definition) is 2. The Labute approximate surface area is 134 Å². The number of halogens is 1. The lowest BCUT2D eigenvalue weighted by Crippen LogP contribution is -2.25. The van der Waals surface area contributed by atoms with Crippen molar-refractivity contribution in [2.75, 3.05) is 13.7 Å². The van der Waals surface area contributed by atoms with Gasteiger partial charge in [-0.1, -0.05) is 29.8 Å². The number of ether oxygens (including phenoxy) is 1. The molecule has 0 aliphatic rings. The predicted molar refractivity (Wildman–Crippen MR) is 86.4 cm³/mol. The maximum atomic E-state index is 12.0. The van der Waals surface area contributed by atoms with Crippen molar-refractivity contribution >= 4 is 17.5 Å². The molecule has 0 unspecified atom stereocenters. The van der Waals surface area contributed by atoms with Gasteiger partial charge in [0, 0.05) is 17.1 Å². The molecule has 116 valence electrons. The number of methoxy groups -OCH3 is 1. The van der Waals surface area contributed by atoms with E-state index < -0.39 is 6.10 Å². The van der Waals surface area contributed by atoms with Crippen LogP contribution in [0.4, 0.5) is 0 Å². The molecule has 0 aliphatic heterocycles. The van der Waals surface area contributed by atoms with Crippen molar-refractivity contribution in [1.29, 1.82) is 0 Å². The molecule has 1 atom stereocenters. The van der Waals surface area contributed by atoms with Crippen LogP contribution in [0.5, 0.6) is 5.75 Å². The zero-order valence-electron chi connectivity index (χ0n) is 12.3. The lowest BCUT2D eigenvalue weighted by molar-refractivity contribution is 0.0942.